The fourth-order valence-corrected chi connectivity index (χ4v) is 5.66. The van der Waals surface area contributed by atoms with Crippen molar-refractivity contribution in [1.29, 1.82) is 0 Å². The van der Waals surface area contributed by atoms with Gasteiger partial charge in [-0.1, -0.05) is 19.6 Å². The molecule has 0 bridgehead atoms. The molecule has 1 aliphatic carbocycles. The number of fused-ring (bicyclic) bond motifs is 1. The van der Waals surface area contributed by atoms with Gasteiger partial charge in [-0.15, -0.1) is 0 Å². The minimum atomic E-state index is -1.09. The maximum atomic E-state index is 11.1. The van der Waals surface area contributed by atoms with Crippen molar-refractivity contribution in [2.45, 2.75) is 64.1 Å². The Hall–Kier alpha value is -2.13. The molecule has 1 amide bonds. The summed E-state index contributed by atoms with van der Waals surface area (Å²) in [6, 6.07) is 3.66. The number of likely N-dealkylation sites (tertiary alicyclic amines) is 1. The van der Waals surface area contributed by atoms with Crippen LogP contribution in [0.5, 0.6) is 0 Å². The zero-order valence-corrected chi connectivity index (χ0v) is 20.2. The van der Waals surface area contributed by atoms with Gasteiger partial charge in [0.25, 0.3) is 0 Å². The molecule has 31 heavy (non-hydrogen) atoms. The van der Waals surface area contributed by atoms with Crippen molar-refractivity contribution in [3.63, 3.8) is 0 Å². The maximum Gasteiger partial charge on any atom is 0.407 e. The monoisotopic (exact) mass is 445 g/mol. The zero-order valence-electron chi connectivity index (χ0n) is 19.2. The Labute approximate surface area is 185 Å². The topological polar surface area (TPSA) is 83.7 Å². The summed E-state index contributed by atoms with van der Waals surface area (Å²) in [5.74, 6) is 0.965. The molecule has 9 heteroatoms. The summed E-state index contributed by atoms with van der Waals surface area (Å²) in [6.07, 6.45) is 7.18. The number of carbonyl (C=O) groups is 1. The van der Waals surface area contributed by atoms with Crippen LogP contribution in [0.2, 0.25) is 25.7 Å². The van der Waals surface area contributed by atoms with Crippen LogP contribution in [0.25, 0.3) is 11.0 Å². The molecular formula is C22H35N5O3Si. The van der Waals surface area contributed by atoms with Gasteiger partial charge in [-0.2, -0.15) is 0 Å². The molecule has 3 heterocycles. The molecule has 2 aliphatic rings. The first-order chi connectivity index (χ1) is 14.7. The van der Waals surface area contributed by atoms with Gasteiger partial charge in [0.05, 0.1) is 5.39 Å². The number of ether oxygens (including phenoxy) is 1. The van der Waals surface area contributed by atoms with E-state index in [2.05, 4.69) is 52.2 Å². The van der Waals surface area contributed by atoms with Gasteiger partial charge in [0.2, 0.25) is 0 Å². The van der Waals surface area contributed by atoms with Crippen molar-refractivity contribution in [3.8, 4) is 0 Å². The van der Waals surface area contributed by atoms with Crippen molar-refractivity contribution in [1.82, 2.24) is 19.4 Å². The molecule has 8 nitrogen and oxygen atoms in total. The number of aromatic nitrogens is 3. The van der Waals surface area contributed by atoms with Crippen LogP contribution in [0, 0.1) is 5.41 Å². The van der Waals surface area contributed by atoms with E-state index in [0.29, 0.717) is 25.9 Å². The van der Waals surface area contributed by atoms with E-state index >= 15 is 0 Å². The normalized spacial score (nSPS) is 19.0. The number of nitrogens with zero attached hydrogens (tertiary/aromatic N) is 5. The Morgan fingerprint density at radius 2 is 2.00 bits per heavy atom. The highest BCUT2D eigenvalue weighted by molar-refractivity contribution is 6.76. The van der Waals surface area contributed by atoms with Gasteiger partial charge in [0.15, 0.2) is 0 Å². The Bertz CT molecular complexity index is 925. The Kier molecular flexibility index (Phi) is 6.00. The van der Waals surface area contributed by atoms with Gasteiger partial charge in [-0.3, -0.25) is 0 Å². The Balaban J connectivity index is 1.38. The first-order valence-corrected chi connectivity index (χ1v) is 15.0. The number of hydrogen-bond acceptors (Lipinski definition) is 5. The van der Waals surface area contributed by atoms with Crippen LogP contribution in [0.3, 0.4) is 0 Å². The van der Waals surface area contributed by atoms with E-state index in [4.69, 9.17) is 9.84 Å². The minimum Gasteiger partial charge on any atom is -0.465 e. The molecular weight excluding hydrogens is 410 g/mol. The average molecular weight is 446 g/mol. The van der Waals surface area contributed by atoms with Gasteiger partial charge in [0.1, 0.15) is 24.5 Å². The van der Waals surface area contributed by atoms with E-state index in [0.717, 1.165) is 55.2 Å². The molecule has 1 N–H and O–H groups in total. The van der Waals surface area contributed by atoms with Gasteiger partial charge in [-0.05, 0) is 37.8 Å². The summed E-state index contributed by atoms with van der Waals surface area (Å²) in [4.78, 5) is 24.1. The number of carboxylic acid groups (broad SMARTS) is 1. The van der Waals surface area contributed by atoms with Gasteiger partial charge in [-0.25, -0.2) is 14.8 Å². The summed E-state index contributed by atoms with van der Waals surface area (Å²) < 4.78 is 7.98. The van der Waals surface area contributed by atoms with Crippen LogP contribution in [0.4, 0.5) is 10.6 Å². The molecule has 170 valence electrons. The smallest absolute Gasteiger partial charge is 0.407 e. The number of amides is 1. The second kappa shape index (κ2) is 8.42. The van der Waals surface area contributed by atoms with Crippen molar-refractivity contribution in [2.24, 2.45) is 5.41 Å². The van der Waals surface area contributed by atoms with Crippen LogP contribution in [0.1, 0.15) is 25.7 Å². The summed E-state index contributed by atoms with van der Waals surface area (Å²) in [7, 11) is 1.03. The maximum absolute atomic E-state index is 11.1. The predicted molar refractivity (Wildman–Crippen MR) is 124 cm³/mol. The molecule has 1 saturated heterocycles. The zero-order chi connectivity index (χ0) is 22.2. The molecule has 1 aliphatic heterocycles. The lowest BCUT2D eigenvalue weighted by Crippen LogP contribution is -2.60. The van der Waals surface area contributed by atoms with Gasteiger partial charge < -0.3 is 24.2 Å². The Morgan fingerprint density at radius 3 is 2.65 bits per heavy atom. The van der Waals surface area contributed by atoms with Crippen LogP contribution >= 0.6 is 0 Å². The third-order valence-corrected chi connectivity index (χ3v) is 8.69. The highest BCUT2D eigenvalue weighted by Crippen LogP contribution is 2.45. The van der Waals surface area contributed by atoms with Crippen LogP contribution in [0.15, 0.2) is 18.6 Å². The molecule has 0 aromatic carbocycles. The lowest BCUT2D eigenvalue weighted by Gasteiger charge is -2.53. The lowest BCUT2D eigenvalue weighted by atomic mass is 9.67. The third kappa shape index (κ3) is 4.72. The van der Waals surface area contributed by atoms with Gasteiger partial charge in [0, 0.05) is 52.5 Å². The van der Waals surface area contributed by atoms with Crippen molar-refractivity contribution >= 4 is 31.0 Å². The standard InChI is InChI=1S/C22H35N5O3Si/c1-25(17-5-8-22(9-6-17)13-27(14-22)21(28)29)19-18-7-10-26(20(18)24-15-23-19)16-30-11-12-31(2,3)4/h7,10,15,17H,5-6,8-9,11-14,16H2,1-4H3,(H,28,29). The first kappa shape index (κ1) is 22.1. The Morgan fingerprint density at radius 1 is 1.29 bits per heavy atom. The summed E-state index contributed by atoms with van der Waals surface area (Å²) >= 11 is 0. The molecule has 2 aromatic heterocycles. The molecule has 4 rings (SSSR count). The van der Waals surface area contributed by atoms with Gasteiger partial charge >= 0.3 is 6.09 Å². The van der Waals surface area contributed by atoms with Crippen molar-refractivity contribution in [3.05, 3.63) is 18.6 Å². The van der Waals surface area contributed by atoms with Crippen LogP contribution in [-0.2, 0) is 11.5 Å². The fourth-order valence-electron chi connectivity index (χ4n) is 4.91. The van der Waals surface area contributed by atoms with E-state index in [9.17, 15) is 4.79 Å². The average Bonchev–Trinajstić information content (AvgIpc) is 3.11. The molecule has 1 spiro atoms. The number of hydrogen-bond donors (Lipinski definition) is 1. The van der Waals surface area contributed by atoms with E-state index in [1.807, 2.05) is 6.20 Å². The minimum absolute atomic E-state index is 0.202. The molecule has 2 fully saturated rings. The first-order valence-electron chi connectivity index (χ1n) is 11.3. The highest BCUT2D eigenvalue weighted by Gasteiger charge is 2.47. The molecule has 0 radical (unpaired) electrons. The van der Waals surface area contributed by atoms with Crippen molar-refractivity contribution < 1.29 is 14.6 Å². The second-order valence-corrected chi connectivity index (χ2v) is 16.2. The number of anilines is 1. The largest absolute Gasteiger partial charge is 0.465 e. The number of rotatable bonds is 7. The summed E-state index contributed by atoms with van der Waals surface area (Å²) in [6.45, 7) is 9.76. The van der Waals surface area contributed by atoms with Crippen molar-refractivity contribution in [2.75, 3.05) is 31.6 Å². The molecule has 0 atom stereocenters. The summed E-state index contributed by atoms with van der Waals surface area (Å²) in [5, 5.41) is 10.2. The van der Waals surface area contributed by atoms with E-state index in [1.54, 1.807) is 6.33 Å². The molecule has 2 aromatic rings. The fraction of sp³-hybridized carbons (Fsp3) is 0.682. The van der Waals surface area contributed by atoms with E-state index in [1.165, 1.54) is 4.90 Å². The summed E-state index contributed by atoms with van der Waals surface area (Å²) in [5.41, 5.74) is 1.11. The predicted octanol–water partition coefficient (Wildman–Crippen LogP) is 4.10. The highest BCUT2D eigenvalue weighted by atomic mass is 28.3. The molecule has 0 unspecified atom stereocenters. The molecule has 1 saturated carbocycles. The van der Waals surface area contributed by atoms with Crippen LogP contribution < -0.4 is 4.90 Å². The second-order valence-electron chi connectivity index (χ2n) is 10.5. The SMILES string of the molecule is CN(c1ncnc2c1ccn2COCC[Si](C)(C)C)C1CCC2(CC1)CN(C(=O)O)C2. The third-order valence-electron chi connectivity index (χ3n) is 6.98. The van der Waals surface area contributed by atoms with Crippen LogP contribution in [-0.4, -0.2) is 71.5 Å². The lowest BCUT2D eigenvalue weighted by molar-refractivity contribution is -0.0185. The quantitative estimate of drug-likeness (QED) is 0.510. The van der Waals surface area contributed by atoms with E-state index in [-0.39, 0.29) is 5.41 Å². The van der Waals surface area contributed by atoms with E-state index < -0.39 is 14.2 Å².